The Morgan fingerprint density at radius 3 is 2.67 bits per heavy atom. The number of amides is 1. The summed E-state index contributed by atoms with van der Waals surface area (Å²) in [7, 11) is 0. The van der Waals surface area contributed by atoms with E-state index >= 15 is 0 Å². The molecule has 0 aromatic carbocycles. The Balaban J connectivity index is 2.22. The lowest BCUT2D eigenvalue weighted by molar-refractivity contribution is -0.0586. The summed E-state index contributed by atoms with van der Waals surface area (Å²) in [5.74, 6) is -0.0192. The maximum absolute atomic E-state index is 12.4. The molecule has 2 heterocycles. The van der Waals surface area contributed by atoms with E-state index in [1.807, 2.05) is 25.7 Å². The molecule has 5 nitrogen and oxygen atoms in total. The molecule has 5 heteroatoms. The number of morpholine rings is 1. The van der Waals surface area contributed by atoms with E-state index in [9.17, 15) is 4.79 Å². The fraction of sp³-hybridized carbons (Fsp3) is 0.538. The Kier molecular flexibility index (Phi) is 3.52. The smallest absolute Gasteiger partial charge is 0.255 e. The van der Waals surface area contributed by atoms with Gasteiger partial charge in [0.05, 0.1) is 35.3 Å². The van der Waals surface area contributed by atoms with Crippen LogP contribution in [0.4, 0.5) is 5.69 Å². The molecule has 1 saturated heterocycles. The molecule has 0 bridgehead atoms. The molecule has 0 spiro atoms. The van der Waals surface area contributed by atoms with E-state index in [0.717, 1.165) is 0 Å². The highest BCUT2D eigenvalue weighted by atomic mass is 16.5. The number of nitrogen functional groups attached to an aromatic ring is 1. The molecule has 1 amide bonds. The molecule has 0 radical (unpaired) electrons. The highest BCUT2D eigenvalue weighted by molar-refractivity contribution is 5.96. The summed E-state index contributed by atoms with van der Waals surface area (Å²) in [4.78, 5) is 18.4. The lowest BCUT2D eigenvalue weighted by Crippen LogP contribution is -2.48. The van der Waals surface area contributed by atoms with Gasteiger partial charge in [-0.05, 0) is 26.8 Å². The van der Waals surface area contributed by atoms with Gasteiger partial charge >= 0.3 is 0 Å². The fourth-order valence-electron chi connectivity index (χ4n) is 2.28. The van der Waals surface area contributed by atoms with Crippen molar-refractivity contribution in [1.82, 2.24) is 9.88 Å². The first kappa shape index (κ1) is 12.8. The van der Waals surface area contributed by atoms with Gasteiger partial charge in [-0.2, -0.15) is 0 Å². The number of nitrogens with two attached hydrogens (primary N) is 1. The zero-order chi connectivity index (χ0) is 13.3. The molecule has 0 aliphatic carbocycles. The molecule has 0 saturated carbocycles. The van der Waals surface area contributed by atoms with Gasteiger partial charge in [0.25, 0.3) is 5.91 Å². The van der Waals surface area contributed by atoms with E-state index in [0.29, 0.717) is 30.0 Å². The van der Waals surface area contributed by atoms with Crippen LogP contribution in [0.25, 0.3) is 0 Å². The van der Waals surface area contributed by atoms with E-state index in [2.05, 4.69) is 4.98 Å². The number of aryl methyl sites for hydroxylation is 1. The summed E-state index contributed by atoms with van der Waals surface area (Å²) in [6.07, 6.45) is 1.69. The van der Waals surface area contributed by atoms with Gasteiger partial charge in [0, 0.05) is 13.1 Å². The maximum Gasteiger partial charge on any atom is 0.255 e. The highest BCUT2D eigenvalue weighted by Crippen LogP contribution is 2.17. The normalized spacial score (nSPS) is 24.1. The first-order valence-electron chi connectivity index (χ1n) is 6.14. The first-order valence-corrected chi connectivity index (χ1v) is 6.14. The van der Waals surface area contributed by atoms with Gasteiger partial charge in [0.1, 0.15) is 0 Å². The Morgan fingerprint density at radius 1 is 1.44 bits per heavy atom. The van der Waals surface area contributed by atoms with E-state index < -0.39 is 0 Å². The van der Waals surface area contributed by atoms with Crippen molar-refractivity contribution in [2.45, 2.75) is 33.0 Å². The van der Waals surface area contributed by atoms with E-state index in [1.54, 1.807) is 12.3 Å². The number of carbonyl (C=O) groups is 1. The largest absolute Gasteiger partial charge is 0.397 e. The minimum atomic E-state index is -0.0192. The SMILES string of the molecule is Cc1ncc(N)cc1C(=O)N1C[C@@H](C)O[C@@H](C)C1. The summed E-state index contributed by atoms with van der Waals surface area (Å²) < 4.78 is 5.62. The van der Waals surface area contributed by atoms with Crippen molar-refractivity contribution in [1.29, 1.82) is 0 Å². The zero-order valence-electron chi connectivity index (χ0n) is 11.0. The molecule has 1 aromatic rings. The standard InChI is InChI=1S/C13H19N3O2/c1-8-6-16(7-9(2)18-8)13(17)12-4-11(14)5-15-10(12)3/h4-5,8-9H,6-7,14H2,1-3H3/t8-,9+. The maximum atomic E-state index is 12.4. The third kappa shape index (κ3) is 2.61. The third-order valence-corrected chi connectivity index (χ3v) is 3.05. The van der Waals surface area contributed by atoms with Crippen LogP contribution in [0.3, 0.4) is 0 Å². The predicted octanol–water partition coefficient (Wildman–Crippen LogP) is 1.22. The Bertz CT molecular complexity index is 452. The van der Waals surface area contributed by atoms with E-state index in [-0.39, 0.29) is 18.1 Å². The summed E-state index contributed by atoms with van der Waals surface area (Å²) in [6.45, 7) is 6.98. The van der Waals surface area contributed by atoms with Crippen molar-refractivity contribution >= 4 is 11.6 Å². The minimum Gasteiger partial charge on any atom is -0.397 e. The first-order chi connectivity index (χ1) is 8.47. The molecule has 18 heavy (non-hydrogen) atoms. The monoisotopic (exact) mass is 249 g/mol. The number of rotatable bonds is 1. The second-order valence-corrected chi connectivity index (χ2v) is 4.87. The molecule has 1 aliphatic rings. The molecule has 1 fully saturated rings. The van der Waals surface area contributed by atoms with Crippen LogP contribution in [0.5, 0.6) is 0 Å². The highest BCUT2D eigenvalue weighted by Gasteiger charge is 2.27. The average molecular weight is 249 g/mol. The van der Waals surface area contributed by atoms with Crippen molar-refractivity contribution in [2.75, 3.05) is 18.8 Å². The Morgan fingerprint density at radius 2 is 2.06 bits per heavy atom. The lowest BCUT2D eigenvalue weighted by Gasteiger charge is -2.35. The van der Waals surface area contributed by atoms with Gasteiger partial charge < -0.3 is 15.4 Å². The number of nitrogens with zero attached hydrogens (tertiary/aromatic N) is 2. The minimum absolute atomic E-state index is 0.0192. The van der Waals surface area contributed by atoms with Gasteiger partial charge in [0.2, 0.25) is 0 Å². The van der Waals surface area contributed by atoms with Crippen LogP contribution >= 0.6 is 0 Å². The number of hydrogen-bond donors (Lipinski definition) is 1. The van der Waals surface area contributed by atoms with Crippen molar-refractivity contribution < 1.29 is 9.53 Å². The van der Waals surface area contributed by atoms with Gasteiger partial charge in [-0.15, -0.1) is 0 Å². The van der Waals surface area contributed by atoms with Crippen molar-refractivity contribution in [3.05, 3.63) is 23.5 Å². The van der Waals surface area contributed by atoms with Crippen LogP contribution in [0.2, 0.25) is 0 Å². The molecule has 2 N–H and O–H groups in total. The van der Waals surface area contributed by atoms with Crippen LogP contribution in [0, 0.1) is 6.92 Å². The molecule has 1 aliphatic heterocycles. The number of pyridine rings is 1. The summed E-state index contributed by atoms with van der Waals surface area (Å²) in [6, 6.07) is 1.69. The van der Waals surface area contributed by atoms with Gasteiger partial charge in [-0.1, -0.05) is 0 Å². The molecule has 0 unspecified atom stereocenters. The summed E-state index contributed by atoms with van der Waals surface area (Å²) >= 11 is 0. The van der Waals surface area contributed by atoms with Gasteiger partial charge in [0.15, 0.2) is 0 Å². The number of anilines is 1. The number of aromatic nitrogens is 1. The molecule has 1 aromatic heterocycles. The molecular weight excluding hydrogens is 230 g/mol. The summed E-state index contributed by atoms with van der Waals surface area (Å²) in [5.41, 5.74) is 7.49. The van der Waals surface area contributed by atoms with Crippen LogP contribution in [-0.4, -0.2) is 41.1 Å². The van der Waals surface area contributed by atoms with Crippen molar-refractivity contribution in [3.8, 4) is 0 Å². The summed E-state index contributed by atoms with van der Waals surface area (Å²) in [5, 5.41) is 0. The number of ether oxygens (including phenoxy) is 1. The number of hydrogen-bond acceptors (Lipinski definition) is 4. The van der Waals surface area contributed by atoms with Gasteiger partial charge in [-0.25, -0.2) is 0 Å². The number of carbonyl (C=O) groups excluding carboxylic acids is 1. The predicted molar refractivity (Wildman–Crippen MR) is 69.3 cm³/mol. The molecule has 2 atom stereocenters. The third-order valence-electron chi connectivity index (χ3n) is 3.05. The second kappa shape index (κ2) is 4.94. The Labute approximate surface area is 107 Å². The quantitative estimate of drug-likeness (QED) is 0.812. The Hall–Kier alpha value is -1.62. The zero-order valence-corrected chi connectivity index (χ0v) is 11.0. The topological polar surface area (TPSA) is 68.5 Å². The lowest BCUT2D eigenvalue weighted by atomic mass is 10.1. The average Bonchev–Trinajstić information content (AvgIpc) is 2.30. The van der Waals surface area contributed by atoms with Crippen LogP contribution in [-0.2, 0) is 4.74 Å². The molecule has 98 valence electrons. The fourth-order valence-corrected chi connectivity index (χ4v) is 2.28. The van der Waals surface area contributed by atoms with Crippen molar-refractivity contribution in [2.24, 2.45) is 0 Å². The van der Waals surface area contributed by atoms with E-state index in [1.165, 1.54) is 0 Å². The van der Waals surface area contributed by atoms with Gasteiger partial charge in [-0.3, -0.25) is 9.78 Å². The van der Waals surface area contributed by atoms with Crippen LogP contribution in [0.15, 0.2) is 12.3 Å². The second-order valence-electron chi connectivity index (χ2n) is 4.87. The molecular formula is C13H19N3O2. The van der Waals surface area contributed by atoms with Crippen molar-refractivity contribution in [3.63, 3.8) is 0 Å². The van der Waals surface area contributed by atoms with Crippen LogP contribution < -0.4 is 5.73 Å². The van der Waals surface area contributed by atoms with Crippen LogP contribution in [0.1, 0.15) is 29.9 Å². The van der Waals surface area contributed by atoms with E-state index in [4.69, 9.17) is 10.5 Å². The molecule has 2 rings (SSSR count).